The summed E-state index contributed by atoms with van der Waals surface area (Å²) in [6.45, 7) is 4.92. The van der Waals surface area contributed by atoms with Gasteiger partial charge >= 0.3 is 0 Å². The van der Waals surface area contributed by atoms with Crippen molar-refractivity contribution in [2.75, 3.05) is 25.5 Å². The van der Waals surface area contributed by atoms with Crippen molar-refractivity contribution in [2.24, 2.45) is 0 Å². The van der Waals surface area contributed by atoms with Gasteiger partial charge in [0, 0.05) is 30.9 Å². The molecule has 0 radical (unpaired) electrons. The quantitative estimate of drug-likeness (QED) is 0.452. The zero-order chi connectivity index (χ0) is 20.6. The maximum atomic E-state index is 11.9. The van der Waals surface area contributed by atoms with E-state index in [-0.39, 0.29) is 5.91 Å². The summed E-state index contributed by atoms with van der Waals surface area (Å²) < 4.78 is 6.88. The zero-order valence-corrected chi connectivity index (χ0v) is 16.7. The highest BCUT2D eigenvalue weighted by molar-refractivity contribution is 5.91. The molecule has 0 bridgehead atoms. The Balaban J connectivity index is 1.46. The Bertz CT molecular complexity index is 995. The van der Waals surface area contributed by atoms with Gasteiger partial charge < -0.3 is 15.4 Å². The van der Waals surface area contributed by atoms with Crippen molar-refractivity contribution in [3.05, 3.63) is 65.8 Å². The number of aromatic nitrogens is 4. The summed E-state index contributed by atoms with van der Waals surface area (Å²) in [5.41, 5.74) is 2.86. The second-order valence-corrected chi connectivity index (χ2v) is 6.42. The van der Waals surface area contributed by atoms with Crippen LogP contribution in [0.3, 0.4) is 0 Å². The Hall–Kier alpha value is -3.68. The van der Waals surface area contributed by atoms with Crippen molar-refractivity contribution >= 4 is 17.8 Å². The smallest absolute Gasteiger partial charge is 0.244 e. The van der Waals surface area contributed by atoms with Crippen LogP contribution in [-0.4, -0.2) is 45.9 Å². The van der Waals surface area contributed by atoms with Crippen LogP contribution >= 0.6 is 0 Å². The lowest BCUT2D eigenvalue weighted by molar-refractivity contribution is -0.116. The van der Waals surface area contributed by atoms with Crippen LogP contribution in [0.15, 0.2) is 48.8 Å². The van der Waals surface area contributed by atoms with Crippen LogP contribution in [-0.2, 0) is 4.79 Å². The van der Waals surface area contributed by atoms with Gasteiger partial charge in [-0.25, -0.2) is 14.6 Å². The van der Waals surface area contributed by atoms with Crippen molar-refractivity contribution in [1.29, 1.82) is 0 Å². The minimum atomic E-state index is -0.159. The molecule has 1 amide bonds. The lowest BCUT2D eigenvalue weighted by atomic mass is 10.2. The van der Waals surface area contributed by atoms with Gasteiger partial charge in [-0.2, -0.15) is 5.10 Å². The molecule has 1 aromatic carbocycles. The van der Waals surface area contributed by atoms with E-state index in [9.17, 15) is 4.79 Å². The molecular weight excluding hydrogens is 368 g/mol. The average Bonchev–Trinajstić information content (AvgIpc) is 3.08. The third-order valence-corrected chi connectivity index (χ3v) is 4.15. The highest BCUT2D eigenvalue weighted by atomic mass is 16.5. The molecule has 3 aromatic rings. The SMILES string of the molecule is COc1ccc(/C=C/C(=O)NCCNc2cc(-n3nc(C)cc3C)ncn2)cc1. The lowest BCUT2D eigenvalue weighted by Crippen LogP contribution is -2.27. The van der Waals surface area contributed by atoms with E-state index in [1.807, 2.05) is 50.2 Å². The van der Waals surface area contributed by atoms with Gasteiger partial charge in [-0.05, 0) is 43.7 Å². The van der Waals surface area contributed by atoms with Crippen LogP contribution in [0.1, 0.15) is 17.0 Å². The van der Waals surface area contributed by atoms with Gasteiger partial charge in [-0.15, -0.1) is 0 Å². The van der Waals surface area contributed by atoms with Gasteiger partial charge in [0.1, 0.15) is 17.9 Å². The molecule has 8 heteroatoms. The number of rotatable bonds is 8. The molecule has 150 valence electrons. The standard InChI is InChI=1S/C21H24N6O2/c1-15-12-16(2)27(26-15)20-13-19(24-14-25-20)22-10-11-23-21(28)9-6-17-4-7-18(29-3)8-5-17/h4-9,12-14H,10-11H2,1-3H3,(H,23,28)(H,22,24,25)/b9-6+. The van der Waals surface area contributed by atoms with E-state index in [0.717, 1.165) is 22.7 Å². The number of amides is 1. The van der Waals surface area contributed by atoms with Crippen molar-refractivity contribution in [1.82, 2.24) is 25.1 Å². The number of hydrogen-bond acceptors (Lipinski definition) is 6. The fraction of sp³-hybridized carbons (Fsp3) is 0.238. The van der Waals surface area contributed by atoms with E-state index in [2.05, 4.69) is 25.7 Å². The molecule has 29 heavy (non-hydrogen) atoms. The fourth-order valence-corrected chi connectivity index (χ4v) is 2.74. The van der Waals surface area contributed by atoms with Crippen LogP contribution in [0.5, 0.6) is 5.75 Å². The molecule has 0 aliphatic rings. The predicted octanol–water partition coefficient (Wildman–Crippen LogP) is 2.53. The second-order valence-electron chi connectivity index (χ2n) is 6.42. The molecule has 8 nitrogen and oxygen atoms in total. The van der Waals surface area contributed by atoms with Gasteiger partial charge in [-0.3, -0.25) is 4.79 Å². The van der Waals surface area contributed by atoms with E-state index < -0.39 is 0 Å². The second kappa shape index (κ2) is 9.50. The largest absolute Gasteiger partial charge is 0.497 e. The summed E-state index contributed by atoms with van der Waals surface area (Å²) in [7, 11) is 1.62. The van der Waals surface area contributed by atoms with E-state index in [4.69, 9.17) is 4.74 Å². The van der Waals surface area contributed by atoms with Crippen molar-refractivity contribution in [2.45, 2.75) is 13.8 Å². The number of nitrogens with zero attached hydrogens (tertiary/aromatic N) is 4. The van der Waals surface area contributed by atoms with Gasteiger partial charge in [0.15, 0.2) is 5.82 Å². The summed E-state index contributed by atoms with van der Waals surface area (Å²) >= 11 is 0. The minimum Gasteiger partial charge on any atom is -0.497 e. The third kappa shape index (κ3) is 5.65. The molecule has 0 saturated heterocycles. The molecular formula is C21H24N6O2. The molecule has 2 N–H and O–H groups in total. The van der Waals surface area contributed by atoms with Gasteiger partial charge in [0.25, 0.3) is 0 Å². The van der Waals surface area contributed by atoms with Gasteiger partial charge in [-0.1, -0.05) is 12.1 Å². The molecule has 2 aromatic heterocycles. The molecule has 0 saturated carbocycles. The fourth-order valence-electron chi connectivity index (χ4n) is 2.74. The average molecular weight is 392 g/mol. The first-order valence-electron chi connectivity index (χ1n) is 9.24. The van der Waals surface area contributed by atoms with Crippen LogP contribution in [0.2, 0.25) is 0 Å². The first kappa shape index (κ1) is 20.1. The van der Waals surface area contributed by atoms with E-state index in [1.165, 1.54) is 12.4 Å². The minimum absolute atomic E-state index is 0.159. The van der Waals surface area contributed by atoms with E-state index in [0.29, 0.717) is 24.7 Å². The summed E-state index contributed by atoms with van der Waals surface area (Å²) in [4.78, 5) is 20.4. The topological polar surface area (TPSA) is 94.0 Å². The Morgan fingerprint density at radius 3 is 2.62 bits per heavy atom. The Kier molecular flexibility index (Phi) is 6.57. The maximum absolute atomic E-state index is 11.9. The number of carbonyl (C=O) groups is 1. The lowest BCUT2D eigenvalue weighted by Gasteiger charge is -2.08. The molecule has 2 heterocycles. The predicted molar refractivity (Wildman–Crippen MR) is 112 cm³/mol. The van der Waals surface area contributed by atoms with Crippen LogP contribution < -0.4 is 15.4 Å². The molecule has 0 unspecified atom stereocenters. The highest BCUT2D eigenvalue weighted by Crippen LogP contribution is 2.13. The number of methoxy groups -OCH3 is 1. The normalized spacial score (nSPS) is 10.9. The molecule has 0 spiro atoms. The Labute approximate surface area is 169 Å². The molecule has 0 atom stereocenters. The highest BCUT2D eigenvalue weighted by Gasteiger charge is 2.06. The Morgan fingerprint density at radius 2 is 1.93 bits per heavy atom. The van der Waals surface area contributed by atoms with Gasteiger partial charge in [0.2, 0.25) is 5.91 Å². The summed E-state index contributed by atoms with van der Waals surface area (Å²) in [5, 5.41) is 10.4. The monoisotopic (exact) mass is 392 g/mol. The zero-order valence-electron chi connectivity index (χ0n) is 16.7. The summed E-state index contributed by atoms with van der Waals surface area (Å²) in [6.07, 6.45) is 4.75. The number of carbonyl (C=O) groups excluding carboxylic acids is 1. The molecule has 0 aliphatic heterocycles. The third-order valence-electron chi connectivity index (χ3n) is 4.15. The van der Waals surface area contributed by atoms with E-state index in [1.54, 1.807) is 17.9 Å². The van der Waals surface area contributed by atoms with E-state index >= 15 is 0 Å². The van der Waals surface area contributed by atoms with Crippen molar-refractivity contribution < 1.29 is 9.53 Å². The maximum Gasteiger partial charge on any atom is 0.244 e. The summed E-state index contributed by atoms with van der Waals surface area (Å²) in [5.74, 6) is 1.99. The number of benzene rings is 1. The van der Waals surface area contributed by atoms with Crippen molar-refractivity contribution in [3.8, 4) is 11.6 Å². The first-order valence-corrected chi connectivity index (χ1v) is 9.24. The number of aryl methyl sites for hydroxylation is 2. The number of anilines is 1. The molecule has 0 fully saturated rings. The number of ether oxygens (including phenoxy) is 1. The van der Waals surface area contributed by atoms with Gasteiger partial charge in [0.05, 0.1) is 12.8 Å². The Morgan fingerprint density at radius 1 is 1.14 bits per heavy atom. The number of nitrogens with one attached hydrogen (secondary N) is 2. The van der Waals surface area contributed by atoms with Crippen LogP contribution in [0.4, 0.5) is 5.82 Å². The van der Waals surface area contributed by atoms with Crippen LogP contribution in [0.25, 0.3) is 11.9 Å². The van der Waals surface area contributed by atoms with Crippen LogP contribution in [0, 0.1) is 13.8 Å². The first-order chi connectivity index (χ1) is 14.0. The summed E-state index contributed by atoms with van der Waals surface area (Å²) in [6, 6.07) is 11.3. The molecule has 0 aliphatic carbocycles. The van der Waals surface area contributed by atoms with Crippen molar-refractivity contribution in [3.63, 3.8) is 0 Å². The number of hydrogen-bond donors (Lipinski definition) is 2. The molecule has 3 rings (SSSR count).